The molecule has 0 aliphatic carbocycles. The van der Waals surface area contributed by atoms with E-state index < -0.39 is 17.7 Å². The molecule has 1 saturated heterocycles. The van der Waals surface area contributed by atoms with E-state index in [1.54, 1.807) is 79.9 Å². The van der Waals surface area contributed by atoms with Gasteiger partial charge in [0.2, 0.25) is 0 Å². The Morgan fingerprint density at radius 2 is 1.57 bits per heavy atom. The Morgan fingerprint density at radius 3 is 2.14 bits per heavy atom. The number of ketones is 1. The lowest BCUT2D eigenvalue weighted by Gasteiger charge is -2.25. The summed E-state index contributed by atoms with van der Waals surface area (Å²) in [4.78, 5) is 39.4. The molecule has 0 aromatic heterocycles. The number of amides is 1. The Labute approximate surface area is 210 Å². The quantitative estimate of drug-likeness (QED) is 0.211. The zero-order chi connectivity index (χ0) is 25.1. The minimum atomic E-state index is -0.865. The summed E-state index contributed by atoms with van der Waals surface area (Å²) in [7, 11) is 2.86. The average molecular weight is 536 g/mol. The van der Waals surface area contributed by atoms with E-state index in [1.807, 2.05) is 0 Å². The average Bonchev–Trinajstić information content (AvgIpc) is 3.14. The number of benzene rings is 3. The molecule has 1 amide bonds. The normalized spacial score (nSPS) is 16.9. The monoisotopic (exact) mass is 535 g/mol. The predicted octanol–water partition coefficient (Wildman–Crippen LogP) is 4.80. The summed E-state index contributed by atoms with van der Waals surface area (Å²) in [6, 6.07) is 19.7. The number of halogens is 1. The summed E-state index contributed by atoms with van der Waals surface area (Å²) < 4.78 is 10.8. The second kappa shape index (κ2) is 10.1. The predicted molar refractivity (Wildman–Crippen MR) is 134 cm³/mol. The van der Waals surface area contributed by atoms with Crippen LogP contribution in [0.4, 0.5) is 5.69 Å². The van der Waals surface area contributed by atoms with Crippen LogP contribution >= 0.6 is 15.9 Å². The van der Waals surface area contributed by atoms with Crippen molar-refractivity contribution in [3.63, 3.8) is 0 Å². The van der Waals surface area contributed by atoms with Crippen LogP contribution in [0.2, 0.25) is 0 Å². The van der Waals surface area contributed by atoms with Crippen molar-refractivity contribution in [1.29, 1.82) is 0 Å². The molecule has 7 nitrogen and oxygen atoms in total. The van der Waals surface area contributed by atoms with Gasteiger partial charge in [0.25, 0.3) is 11.7 Å². The van der Waals surface area contributed by atoms with Crippen molar-refractivity contribution in [1.82, 2.24) is 0 Å². The molecule has 1 N–H and O–H groups in total. The maximum absolute atomic E-state index is 13.2. The Bertz CT molecular complexity index is 1300. The molecule has 35 heavy (non-hydrogen) atoms. The number of carbonyl (C=O) groups is 3. The van der Waals surface area contributed by atoms with Gasteiger partial charge in [0.05, 0.1) is 32.3 Å². The van der Waals surface area contributed by atoms with Crippen molar-refractivity contribution >= 4 is 45.0 Å². The van der Waals surface area contributed by atoms with E-state index in [0.29, 0.717) is 28.1 Å². The van der Waals surface area contributed by atoms with Crippen LogP contribution in [-0.2, 0) is 25.5 Å². The number of aliphatic hydroxyl groups is 1. The number of nitrogens with zero attached hydrogens (tertiary/aromatic N) is 1. The van der Waals surface area contributed by atoms with Crippen LogP contribution < -0.4 is 9.64 Å². The van der Waals surface area contributed by atoms with Crippen molar-refractivity contribution in [3.8, 4) is 5.75 Å². The van der Waals surface area contributed by atoms with E-state index in [4.69, 9.17) is 9.47 Å². The molecule has 1 atom stereocenters. The zero-order valence-corrected chi connectivity index (χ0v) is 20.6. The van der Waals surface area contributed by atoms with Gasteiger partial charge in [-0.05, 0) is 47.5 Å². The number of hydrogen-bond donors (Lipinski definition) is 1. The van der Waals surface area contributed by atoms with Gasteiger partial charge in [-0.15, -0.1) is 0 Å². The van der Waals surface area contributed by atoms with Crippen molar-refractivity contribution in [2.75, 3.05) is 19.1 Å². The van der Waals surface area contributed by atoms with E-state index in [2.05, 4.69) is 15.9 Å². The summed E-state index contributed by atoms with van der Waals surface area (Å²) in [5.74, 6) is -1.58. The van der Waals surface area contributed by atoms with Crippen molar-refractivity contribution < 1.29 is 29.0 Å². The van der Waals surface area contributed by atoms with Crippen molar-refractivity contribution in [2.45, 2.75) is 12.5 Å². The molecule has 0 radical (unpaired) electrons. The maximum Gasteiger partial charge on any atom is 0.309 e. The number of aliphatic hydroxyl groups excluding tert-OH is 1. The number of Topliss-reactive ketones (excluding diaryl/α,β-unsaturated/α-hetero) is 1. The highest BCUT2D eigenvalue weighted by atomic mass is 79.9. The molecule has 0 spiro atoms. The van der Waals surface area contributed by atoms with Crippen molar-refractivity contribution in [2.24, 2.45) is 0 Å². The van der Waals surface area contributed by atoms with Crippen LogP contribution in [0.5, 0.6) is 5.75 Å². The fraction of sp³-hybridized carbons (Fsp3) is 0.148. The fourth-order valence-electron chi connectivity index (χ4n) is 3.98. The molecule has 4 rings (SSSR count). The second-order valence-electron chi connectivity index (χ2n) is 7.87. The number of methoxy groups -OCH3 is 2. The van der Waals surface area contributed by atoms with Gasteiger partial charge in [-0.2, -0.15) is 0 Å². The van der Waals surface area contributed by atoms with Crippen LogP contribution in [0.3, 0.4) is 0 Å². The highest BCUT2D eigenvalue weighted by molar-refractivity contribution is 9.10. The van der Waals surface area contributed by atoms with Gasteiger partial charge in [-0.3, -0.25) is 19.3 Å². The molecule has 178 valence electrons. The Balaban J connectivity index is 1.84. The number of ether oxygens (including phenoxy) is 2. The Morgan fingerprint density at radius 1 is 0.943 bits per heavy atom. The highest BCUT2D eigenvalue weighted by Crippen LogP contribution is 2.42. The molecule has 3 aromatic rings. The standard InChI is InChI=1S/C27H22BrNO6/c1-34-21-13-7-17(8-14-21)24-23(25(31)18-5-9-19(28)10-6-18)26(32)27(33)29(24)20-11-3-16(4-12-20)15-22(30)35-2/h3-14,24,31H,15H2,1-2H3/b25-23+. The number of carbonyl (C=O) groups excluding carboxylic acids is 3. The van der Waals surface area contributed by atoms with Gasteiger partial charge >= 0.3 is 5.97 Å². The van der Waals surface area contributed by atoms with Gasteiger partial charge in [-0.25, -0.2) is 0 Å². The third-order valence-corrected chi connectivity index (χ3v) is 6.31. The smallest absolute Gasteiger partial charge is 0.309 e. The maximum atomic E-state index is 13.2. The minimum Gasteiger partial charge on any atom is -0.507 e. The topological polar surface area (TPSA) is 93.1 Å². The zero-order valence-electron chi connectivity index (χ0n) is 19.0. The van der Waals surface area contributed by atoms with Gasteiger partial charge in [0, 0.05) is 15.7 Å². The van der Waals surface area contributed by atoms with Gasteiger partial charge in [-0.1, -0.05) is 52.3 Å². The molecule has 1 aliphatic rings. The molecular formula is C27H22BrNO6. The number of anilines is 1. The molecule has 1 fully saturated rings. The van der Waals surface area contributed by atoms with Crippen LogP contribution in [0.15, 0.2) is 82.8 Å². The molecule has 1 aliphatic heterocycles. The first-order chi connectivity index (χ1) is 16.8. The molecule has 3 aromatic carbocycles. The summed E-state index contributed by atoms with van der Waals surface area (Å²) in [5, 5.41) is 11.2. The summed E-state index contributed by atoms with van der Waals surface area (Å²) in [6.45, 7) is 0. The third-order valence-electron chi connectivity index (χ3n) is 5.78. The van der Waals surface area contributed by atoms with Crippen molar-refractivity contribution in [3.05, 3.63) is 99.5 Å². The molecule has 0 bridgehead atoms. The SMILES string of the molecule is COC(=O)Cc1ccc(N2C(=O)C(=O)/C(=C(/O)c3ccc(Br)cc3)C2c2ccc(OC)cc2)cc1. The van der Waals surface area contributed by atoms with Gasteiger partial charge in [0.1, 0.15) is 11.5 Å². The van der Waals surface area contributed by atoms with E-state index in [-0.39, 0.29) is 23.7 Å². The lowest BCUT2D eigenvalue weighted by molar-refractivity contribution is -0.139. The lowest BCUT2D eigenvalue weighted by Crippen LogP contribution is -2.29. The highest BCUT2D eigenvalue weighted by Gasteiger charge is 2.47. The summed E-state index contributed by atoms with van der Waals surface area (Å²) >= 11 is 3.36. The number of rotatable bonds is 6. The van der Waals surface area contributed by atoms with E-state index in [1.165, 1.54) is 12.0 Å². The first-order valence-electron chi connectivity index (χ1n) is 10.7. The van der Waals surface area contributed by atoms with Crippen LogP contribution in [0, 0.1) is 0 Å². The Kier molecular flexibility index (Phi) is 7.02. The molecule has 8 heteroatoms. The first-order valence-corrected chi connectivity index (χ1v) is 11.5. The van der Waals surface area contributed by atoms with Crippen LogP contribution in [0.25, 0.3) is 5.76 Å². The van der Waals surface area contributed by atoms with E-state index >= 15 is 0 Å². The van der Waals surface area contributed by atoms with Gasteiger partial charge < -0.3 is 14.6 Å². The number of esters is 1. The van der Waals surface area contributed by atoms with Gasteiger partial charge in [0.15, 0.2) is 0 Å². The second-order valence-corrected chi connectivity index (χ2v) is 8.78. The fourth-order valence-corrected chi connectivity index (χ4v) is 4.24. The van der Waals surface area contributed by atoms with Crippen LogP contribution in [-0.4, -0.2) is 37.0 Å². The summed E-state index contributed by atoms with van der Waals surface area (Å²) in [5.41, 5.74) is 2.19. The van der Waals surface area contributed by atoms with E-state index in [0.717, 1.165) is 4.47 Å². The number of hydrogen-bond acceptors (Lipinski definition) is 6. The molecule has 1 unspecified atom stereocenters. The summed E-state index contributed by atoms with van der Waals surface area (Å²) in [6.07, 6.45) is 0.0844. The molecule has 0 saturated carbocycles. The largest absolute Gasteiger partial charge is 0.507 e. The first kappa shape index (κ1) is 24.2. The Hall–Kier alpha value is -3.91. The van der Waals surface area contributed by atoms with Crippen LogP contribution in [0.1, 0.15) is 22.7 Å². The molecule has 1 heterocycles. The third kappa shape index (κ3) is 4.83. The van der Waals surface area contributed by atoms with E-state index in [9.17, 15) is 19.5 Å². The minimum absolute atomic E-state index is 0.0128. The lowest BCUT2D eigenvalue weighted by atomic mass is 9.95. The molecular weight excluding hydrogens is 514 g/mol.